The second-order valence-corrected chi connectivity index (χ2v) is 6.20. The summed E-state index contributed by atoms with van der Waals surface area (Å²) in [7, 11) is 0. The van der Waals surface area contributed by atoms with Crippen molar-refractivity contribution in [1.82, 2.24) is 0 Å². The minimum atomic E-state index is 0.183. The van der Waals surface area contributed by atoms with Gasteiger partial charge in [0.05, 0.1) is 5.25 Å². The van der Waals surface area contributed by atoms with Gasteiger partial charge in [-0.3, -0.25) is 0 Å². The Morgan fingerprint density at radius 1 is 1.18 bits per heavy atom. The summed E-state index contributed by atoms with van der Waals surface area (Å²) in [6.07, 6.45) is 0. The normalized spacial score (nSPS) is 14.5. The van der Waals surface area contributed by atoms with E-state index in [9.17, 15) is 0 Å². The van der Waals surface area contributed by atoms with Crippen molar-refractivity contribution in [2.45, 2.75) is 24.0 Å². The van der Waals surface area contributed by atoms with E-state index in [0.717, 1.165) is 5.75 Å². The first-order valence-electron chi connectivity index (χ1n) is 5.72. The lowest BCUT2D eigenvalue weighted by molar-refractivity contribution is 0.730. The van der Waals surface area contributed by atoms with Crippen molar-refractivity contribution < 1.29 is 0 Å². The van der Waals surface area contributed by atoms with Gasteiger partial charge in [-0.05, 0) is 23.9 Å². The van der Waals surface area contributed by atoms with Gasteiger partial charge in [0.2, 0.25) is 0 Å². The molecule has 17 heavy (non-hydrogen) atoms. The highest BCUT2D eigenvalue weighted by Crippen LogP contribution is 2.36. The van der Waals surface area contributed by atoms with Crippen LogP contribution in [0.3, 0.4) is 0 Å². The van der Waals surface area contributed by atoms with Crippen molar-refractivity contribution in [2.24, 2.45) is 5.73 Å². The molecule has 3 heteroatoms. The van der Waals surface area contributed by atoms with Crippen LogP contribution < -0.4 is 5.73 Å². The highest BCUT2D eigenvalue weighted by atomic mass is 32.2. The number of hydrogen-bond acceptors (Lipinski definition) is 3. The van der Waals surface area contributed by atoms with E-state index >= 15 is 0 Å². The number of benzene rings is 1. The highest BCUT2D eigenvalue weighted by molar-refractivity contribution is 7.98. The molecule has 2 unspecified atom stereocenters. The zero-order valence-corrected chi connectivity index (χ0v) is 11.5. The van der Waals surface area contributed by atoms with Crippen LogP contribution in [-0.2, 0) is 5.75 Å². The Labute approximate surface area is 111 Å². The summed E-state index contributed by atoms with van der Waals surface area (Å²) >= 11 is 3.72. The zero-order chi connectivity index (χ0) is 12.1. The van der Waals surface area contributed by atoms with Crippen molar-refractivity contribution in [1.29, 1.82) is 0 Å². The van der Waals surface area contributed by atoms with E-state index in [2.05, 4.69) is 54.8 Å². The first-order valence-corrected chi connectivity index (χ1v) is 7.64. The molecule has 0 radical (unpaired) electrons. The van der Waals surface area contributed by atoms with Crippen LogP contribution in [-0.4, -0.2) is 6.04 Å². The summed E-state index contributed by atoms with van der Waals surface area (Å²) in [5.41, 5.74) is 7.44. The van der Waals surface area contributed by atoms with Crippen molar-refractivity contribution in [2.75, 3.05) is 0 Å². The summed E-state index contributed by atoms with van der Waals surface area (Å²) in [6, 6.07) is 15.0. The Kier molecular flexibility index (Phi) is 4.66. The van der Waals surface area contributed by atoms with Crippen LogP contribution >= 0.6 is 23.1 Å². The molecule has 0 bridgehead atoms. The third-order valence-electron chi connectivity index (χ3n) is 2.57. The molecule has 0 amide bonds. The molecule has 2 atom stereocenters. The molecule has 0 saturated heterocycles. The first kappa shape index (κ1) is 12.7. The van der Waals surface area contributed by atoms with Crippen molar-refractivity contribution in [3.05, 3.63) is 58.3 Å². The number of thiophene rings is 1. The minimum absolute atomic E-state index is 0.183. The predicted molar refractivity (Wildman–Crippen MR) is 78.4 cm³/mol. The monoisotopic (exact) mass is 263 g/mol. The molecule has 0 saturated carbocycles. The van der Waals surface area contributed by atoms with Gasteiger partial charge >= 0.3 is 0 Å². The lowest BCUT2D eigenvalue weighted by Crippen LogP contribution is -2.22. The fourth-order valence-electron chi connectivity index (χ4n) is 1.71. The summed E-state index contributed by atoms with van der Waals surface area (Å²) in [5.74, 6) is 1.02. The van der Waals surface area contributed by atoms with E-state index < -0.39 is 0 Å². The second-order valence-electron chi connectivity index (χ2n) is 4.09. The van der Waals surface area contributed by atoms with Gasteiger partial charge in [-0.1, -0.05) is 36.4 Å². The molecule has 0 fully saturated rings. The van der Waals surface area contributed by atoms with Gasteiger partial charge in [0.25, 0.3) is 0 Å². The van der Waals surface area contributed by atoms with E-state index in [1.165, 1.54) is 10.4 Å². The fourth-order valence-corrected chi connectivity index (χ4v) is 4.01. The SMILES string of the molecule is CC(N)C(SCc1ccccc1)c1cccs1. The van der Waals surface area contributed by atoms with Crippen molar-refractivity contribution >= 4 is 23.1 Å². The molecule has 1 aromatic carbocycles. The van der Waals surface area contributed by atoms with Gasteiger partial charge in [-0.25, -0.2) is 0 Å². The number of nitrogens with two attached hydrogens (primary N) is 1. The Bertz CT molecular complexity index is 423. The van der Waals surface area contributed by atoms with Crippen molar-refractivity contribution in [3.8, 4) is 0 Å². The Morgan fingerprint density at radius 2 is 1.94 bits per heavy atom. The van der Waals surface area contributed by atoms with Gasteiger partial charge < -0.3 is 5.73 Å². The molecule has 0 spiro atoms. The van der Waals surface area contributed by atoms with E-state index in [0.29, 0.717) is 5.25 Å². The molecule has 0 aliphatic heterocycles. The Hall–Kier alpha value is -0.770. The molecular weight excluding hydrogens is 246 g/mol. The Morgan fingerprint density at radius 3 is 2.53 bits per heavy atom. The maximum Gasteiger partial charge on any atom is 0.0542 e. The van der Waals surface area contributed by atoms with E-state index in [-0.39, 0.29) is 6.04 Å². The van der Waals surface area contributed by atoms with Crippen LogP contribution in [0.25, 0.3) is 0 Å². The van der Waals surface area contributed by atoms with Crippen LogP contribution in [0.1, 0.15) is 22.6 Å². The summed E-state index contributed by atoms with van der Waals surface area (Å²) < 4.78 is 0. The standard InChI is InChI=1S/C14H17NS2/c1-11(15)14(13-8-5-9-16-13)17-10-12-6-3-2-4-7-12/h2-9,11,14H,10,15H2,1H3. The molecule has 2 aromatic rings. The fraction of sp³-hybridized carbons (Fsp3) is 0.286. The molecule has 2 N–H and O–H groups in total. The minimum Gasteiger partial charge on any atom is -0.327 e. The number of hydrogen-bond donors (Lipinski definition) is 1. The third kappa shape index (κ3) is 3.60. The molecule has 0 aliphatic rings. The number of rotatable bonds is 5. The zero-order valence-electron chi connectivity index (χ0n) is 9.87. The average molecular weight is 263 g/mol. The van der Waals surface area contributed by atoms with Crippen LogP contribution in [0.2, 0.25) is 0 Å². The molecule has 90 valence electrons. The van der Waals surface area contributed by atoms with Crippen LogP contribution in [0, 0.1) is 0 Å². The largest absolute Gasteiger partial charge is 0.327 e. The first-order chi connectivity index (χ1) is 8.27. The lowest BCUT2D eigenvalue weighted by Gasteiger charge is -2.19. The summed E-state index contributed by atoms with van der Waals surface area (Å²) in [5, 5.41) is 2.52. The maximum absolute atomic E-state index is 6.08. The van der Waals surface area contributed by atoms with Gasteiger partial charge in [0.15, 0.2) is 0 Å². The molecule has 1 nitrogen and oxygen atoms in total. The molecule has 1 aromatic heterocycles. The average Bonchev–Trinajstić information content (AvgIpc) is 2.84. The smallest absolute Gasteiger partial charge is 0.0542 e. The van der Waals surface area contributed by atoms with Crippen LogP contribution in [0.15, 0.2) is 47.8 Å². The topological polar surface area (TPSA) is 26.0 Å². The number of thioether (sulfide) groups is 1. The summed E-state index contributed by atoms with van der Waals surface area (Å²) in [4.78, 5) is 1.38. The lowest BCUT2D eigenvalue weighted by atomic mass is 10.2. The predicted octanol–water partition coefficient (Wildman–Crippen LogP) is 4.07. The maximum atomic E-state index is 6.08. The molecule has 2 rings (SSSR count). The van der Waals surface area contributed by atoms with E-state index in [1.807, 2.05) is 11.8 Å². The third-order valence-corrected chi connectivity index (χ3v) is 5.22. The van der Waals surface area contributed by atoms with Crippen LogP contribution in [0.5, 0.6) is 0 Å². The van der Waals surface area contributed by atoms with Gasteiger partial charge in [-0.2, -0.15) is 0 Å². The van der Waals surface area contributed by atoms with Gasteiger partial charge in [0.1, 0.15) is 0 Å². The quantitative estimate of drug-likeness (QED) is 0.880. The Balaban J connectivity index is 2.00. The van der Waals surface area contributed by atoms with Gasteiger partial charge in [0, 0.05) is 16.7 Å². The summed E-state index contributed by atoms with van der Waals surface area (Å²) in [6.45, 7) is 2.09. The molecule has 0 aliphatic carbocycles. The second kappa shape index (κ2) is 6.24. The van der Waals surface area contributed by atoms with Gasteiger partial charge in [-0.15, -0.1) is 23.1 Å². The van der Waals surface area contributed by atoms with E-state index in [4.69, 9.17) is 5.73 Å². The van der Waals surface area contributed by atoms with Crippen molar-refractivity contribution in [3.63, 3.8) is 0 Å². The molecule has 1 heterocycles. The highest BCUT2D eigenvalue weighted by Gasteiger charge is 2.17. The van der Waals surface area contributed by atoms with E-state index in [1.54, 1.807) is 11.3 Å². The van der Waals surface area contributed by atoms with Crippen LogP contribution in [0.4, 0.5) is 0 Å². The molecular formula is C14H17NS2.